The zero-order valence-electron chi connectivity index (χ0n) is 16.2. The molecule has 1 N–H and O–H groups in total. The summed E-state index contributed by atoms with van der Waals surface area (Å²) in [6.07, 6.45) is 6.13. The summed E-state index contributed by atoms with van der Waals surface area (Å²) in [5.74, 6) is 0.622. The first-order valence-corrected chi connectivity index (χ1v) is 11.2. The highest BCUT2D eigenvalue weighted by molar-refractivity contribution is 7.12. The van der Waals surface area contributed by atoms with Crippen LogP contribution in [0.3, 0.4) is 0 Å². The Morgan fingerprint density at radius 3 is 1.85 bits per heavy atom. The third-order valence-corrected chi connectivity index (χ3v) is 9.32. The van der Waals surface area contributed by atoms with Crippen LogP contribution in [0.1, 0.15) is 53.0 Å². The molecule has 0 unspecified atom stereocenters. The van der Waals surface area contributed by atoms with Crippen LogP contribution in [0.25, 0.3) is 0 Å². The number of rotatable bonds is 4. The highest BCUT2D eigenvalue weighted by atomic mass is 79.9. The quantitative estimate of drug-likeness (QED) is 0.699. The van der Waals surface area contributed by atoms with E-state index in [2.05, 4.69) is 50.8 Å². The molecular weight excluding hydrogens is 426 g/mol. The molecule has 2 bridgehead atoms. The molecule has 2 aromatic rings. The van der Waals surface area contributed by atoms with Crippen LogP contribution >= 0.6 is 22.7 Å². The predicted octanol–water partition coefficient (Wildman–Crippen LogP) is 2.07. The van der Waals surface area contributed by atoms with Crippen molar-refractivity contribution in [3.05, 3.63) is 43.8 Å². The summed E-state index contributed by atoms with van der Waals surface area (Å²) >= 11 is 3.44. The standard InChI is InChI=1S/C21H30NOS2.BrH/c1-14-7-9-24-19(14)21(23,20-15(2)8-10-25-20)13-16-11-17-5-6-18(12-16)22(17,3)4;/h7-10,16-18,23H,5-6,11-13H2,1-4H3;1H/q+1;/p-1/t17-,18-;/m0./s1. The maximum absolute atomic E-state index is 12.0. The average molecular weight is 457 g/mol. The summed E-state index contributed by atoms with van der Waals surface area (Å²) in [5, 5.41) is 16.2. The highest BCUT2D eigenvalue weighted by Gasteiger charge is 2.51. The van der Waals surface area contributed by atoms with Gasteiger partial charge in [0.1, 0.15) is 5.60 Å². The van der Waals surface area contributed by atoms with Crippen LogP contribution < -0.4 is 17.0 Å². The number of aryl methyl sites for hydroxylation is 2. The van der Waals surface area contributed by atoms with Gasteiger partial charge in [0.2, 0.25) is 0 Å². The molecule has 2 aliphatic heterocycles. The molecule has 26 heavy (non-hydrogen) atoms. The van der Waals surface area contributed by atoms with Gasteiger partial charge in [-0.1, -0.05) is 0 Å². The summed E-state index contributed by atoms with van der Waals surface area (Å²) in [4.78, 5) is 2.31. The molecule has 0 amide bonds. The Morgan fingerprint density at radius 2 is 1.46 bits per heavy atom. The van der Waals surface area contributed by atoms with E-state index in [1.807, 2.05) is 0 Å². The van der Waals surface area contributed by atoms with E-state index in [1.54, 1.807) is 22.7 Å². The molecule has 0 radical (unpaired) electrons. The largest absolute Gasteiger partial charge is 1.00 e. The van der Waals surface area contributed by atoms with E-state index in [4.69, 9.17) is 0 Å². The van der Waals surface area contributed by atoms with E-state index in [0.29, 0.717) is 5.92 Å². The Morgan fingerprint density at radius 1 is 1.00 bits per heavy atom. The third-order valence-electron chi connectivity index (χ3n) is 6.99. The summed E-state index contributed by atoms with van der Waals surface area (Å²) < 4.78 is 1.20. The Hall–Kier alpha value is -0.200. The second kappa shape index (κ2) is 7.32. The van der Waals surface area contributed by atoms with Gasteiger partial charge in [-0.25, -0.2) is 0 Å². The van der Waals surface area contributed by atoms with E-state index < -0.39 is 5.60 Å². The first-order valence-electron chi connectivity index (χ1n) is 9.47. The van der Waals surface area contributed by atoms with Crippen LogP contribution in [0.5, 0.6) is 0 Å². The number of piperidine rings is 1. The van der Waals surface area contributed by atoms with Gasteiger partial charge >= 0.3 is 0 Å². The zero-order chi connectivity index (χ0) is 17.8. The van der Waals surface area contributed by atoms with Crippen molar-refractivity contribution in [2.24, 2.45) is 5.92 Å². The van der Waals surface area contributed by atoms with Crippen LogP contribution in [0.4, 0.5) is 0 Å². The number of fused-ring (bicyclic) bond motifs is 2. The molecule has 0 saturated carbocycles. The highest BCUT2D eigenvalue weighted by Crippen LogP contribution is 2.49. The van der Waals surface area contributed by atoms with E-state index in [-0.39, 0.29) is 17.0 Å². The topological polar surface area (TPSA) is 20.2 Å². The second-order valence-electron chi connectivity index (χ2n) is 8.78. The molecule has 5 heteroatoms. The number of hydrogen-bond acceptors (Lipinski definition) is 3. The minimum absolute atomic E-state index is 0. The normalized spacial score (nSPS) is 27.3. The van der Waals surface area contributed by atoms with Crippen LogP contribution in [-0.2, 0) is 5.60 Å². The lowest BCUT2D eigenvalue weighted by Gasteiger charge is -2.45. The molecular formula is C21H30BrNOS2. The summed E-state index contributed by atoms with van der Waals surface area (Å²) in [5.41, 5.74) is 1.65. The second-order valence-corrected chi connectivity index (χ2v) is 10.6. The maximum atomic E-state index is 12.0. The van der Waals surface area contributed by atoms with Crippen molar-refractivity contribution < 1.29 is 26.6 Å². The van der Waals surface area contributed by atoms with Crippen molar-refractivity contribution in [1.82, 2.24) is 0 Å². The van der Waals surface area contributed by atoms with Gasteiger partial charge in [-0.3, -0.25) is 0 Å². The van der Waals surface area contributed by atoms with Crippen LogP contribution in [0.2, 0.25) is 0 Å². The minimum Gasteiger partial charge on any atom is -1.00 e. The molecule has 4 rings (SSSR count). The number of quaternary nitrogens is 1. The third kappa shape index (κ3) is 3.24. The molecule has 2 fully saturated rings. The molecule has 0 spiro atoms. The fourth-order valence-corrected chi connectivity index (χ4v) is 7.61. The van der Waals surface area contributed by atoms with E-state index in [1.165, 1.54) is 41.3 Å². The number of halogens is 1. The lowest BCUT2D eigenvalue weighted by molar-refractivity contribution is -0.931. The fraction of sp³-hybridized carbons (Fsp3) is 0.619. The Balaban J connectivity index is 0.00000196. The van der Waals surface area contributed by atoms with Crippen molar-refractivity contribution in [2.45, 2.75) is 63.6 Å². The SMILES string of the molecule is Cc1ccsc1C(O)(CC1C[C@@H]2CC[C@@H](C1)[N+]2(C)C)c1sccc1C.[Br-]. The summed E-state index contributed by atoms with van der Waals surface area (Å²) in [7, 11) is 4.83. The molecule has 0 aromatic carbocycles. The Labute approximate surface area is 176 Å². The molecule has 2 saturated heterocycles. The molecule has 0 aliphatic carbocycles. The fourth-order valence-electron chi connectivity index (χ4n) is 5.46. The predicted molar refractivity (Wildman–Crippen MR) is 107 cm³/mol. The number of thiophene rings is 2. The van der Waals surface area contributed by atoms with Gasteiger partial charge in [0, 0.05) is 35.4 Å². The van der Waals surface area contributed by atoms with Crippen molar-refractivity contribution in [2.75, 3.05) is 14.1 Å². The Bertz CT molecular complexity index is 709. The zero-order valence-corrected chi connectivity index (χ0v) is 19.4. The summed E-state index contributed by atoms with van der Waals surface area (Å²) in [6.45, 7) is 4.29. The summed E-state index contributed by atoms with van der Waals surface area (Å²) in [6, 6.07) is 5.86. The minimum atomic E-state index is -0.810. The number of aliphatic hydroxyl groups is 1. The number of nitrogens with zero attached hydrogens (tertiary/aromatic N) is 1. The van der Waals surface area contributed by atoms with Gasteiger partial charge in [0.15, 0.2) is 0 Å². The van der Waals surface area contributed by atoms with Gasteiger partial charge in [-0.15, -0.1) is 22.7 Å². The van der Waals surface area contributed by atoms with Crippen molar-refractivity contribution in [1.29, 1.82) is 0 Å². The molecule has 2 atom stereocenters. The lowest BCUT2D eigenvalue weighted by Crippen LogP contribution is -3.00. The molecule has 2 aromatic heterocycles. The lowest BCUT2D eigenvalue weighted by atomic mass is 9.78. The van der Waals surface area contributed by atoms with Crippen molar-refractivity contribution in [3.63, 3.8) is 0 Å². The van der Waals surface area contributed by atoms with Gasteiger partial charge in [0.25, 0.3) is 0 Å². The van der Waals surface area contributed by atoms with Gasteiger partial charge in [-0.2, -0.15) is 0 Å². The van der Waals surface area contributed by atoms with E-state index in [9.17, 15) is 5.11 Å². The van der Waals surface area contributed by atoms with E-state index in [0.717, 1.165) is 28.3 Å². The van der Waals surface area contributed by atoms with Crippen LogP contribution in [-0.4, -0.2) is 35.8 Å². The van der Waals surface area contributed by atoms with E-state index >= 15 is 0 Å². The first-order chi connectivity index (χ1) is 11.8. The molecule has 2 aliphatic rings. The monoisotopic (exact) mass is 455 g/mol. The van der Waals surface area contributed by atoms with Crippen LogP contribution in [0, 0.1) is 19.8 Å². The van der Waals surface area contributed by atoms with Gasteiger partial charge < -0.3 is 26.6 Å². The van der Waals surface area contributed by atoms with Crippen molar-refractivity contribution in [3.8, 4) is 0 Å². The Kier molecular flexibility index (Phi) is 5.78. The average Bonchev–Trinajstić information content (AvgIpc) is 3.18. The molecule has 2 nitrogen and oxygen atoms in total. The maximum Gasteiger partial charge on any atom is 0.134 e. The van der Waals surface area contributed by atoms with Crippen LogP contribution in [0.15, 0.2) is 22.9 Å². The number of hydrogen-bond donors (Lipinski definition) is 1. The van der Waals surface area contributed by atoms with Gasteiger partial charge in [-0.05, 0) is 60.2 Å². The van der Waals surface area contributed by atoms with Gasteiger partial charge in [0.05, 0.1) is 26.2 Å². The van der Waals surface area contributed by atoms with Crippen molar-refractivity contribution >= 4 is 22.7 Å². The first kappa shape index (κ1) is 20.5. The molecule has 144 valence electrons. The smallest absolute Gasteiger partial charge is 0.134 e. The molecule has 4 heterocycles.